The van der Waals surface area contributed by atoms with Gasteiger partial charge in [-0.15, -0.1) is 0 Å². The van der Waals surface area contributed by atoms with Gasteiger partial charge >= 0.3 is 19.8 Å². The van der Waals surface area contributed by atoms with Crippen LogP contribution in [-0.4, -0.2) is 82.9 Å². The van der Waals surface area contributed by atoms with Crippen molar-refractivity contribution in [3.8, 4) is 0 Å². The molecule has 0 aromatic heterocycles. The van der Waals surface area contributed by atoms with Crippen LogP contribution >= 0.6 is 7.82 Å². The molecule has 0 aromatic carbocycles. The zero-order valence-corrected chi connectivity index (χ0v) is 37.0. The molecular formula is C45H82NO11P. The number of aliphatic hydroxyl groups excluding tert-OH is 3. The summed E-state index contributed by atoms with van der Waals surface area (Å²) >= 11 is 0. The molecule has 1 aliphatic carbocycles. The molecular weight excluding hydrogens is 761 g/mol. The van der Waals surface area contributed by atoms with Gasteiger partial charge in [0, 0.05) is 31.7 Å². The summed E-state index contributed by atoms with van der Waals surface area (Å²) in [6.07, 6.45) is 32.3. The number of esters is 2. The van der Waals surface area contributed by atoms with Gasteiger partial charge in [-0.1, -0.05) is 134 Å². The maximum absolute atomic E-state index is 12.7. The Labute approximate surface area is 351 Å². The first kappa shape index (κ1) is 54.1. The number of phosphoric acid groups is 1. The molecule has 0 spiro atoms. The predicted octanol–water partition coefficient (Wildman–Crippen LogP) is 9.32. The number of hydrogen-bond acceptors (Lipinski definition) is 11. The molecule has 12 nitrogen and oxygen atoms in total. The smallest absolute Gasteiger partial charge is 0.462 e. The Kier molecular flexibility index (Phi) is 33.4. The molecule has 1 rings (SSSR count). The summed E-state index contributed by atoms with van der Waals surface area (Å²) in [5.41, 5.74) is 5.35. The molecule has 1 unspecified atom stereocenters. The van der Waals surface area contributed by atoms with Crippen LogP contribution in [0.3, 0.4) is 0 Å². The van der Waals surface area contributed by atoms with Crippen LogP contribution in [0.4, 0.5) is 0 Å². The van der Waals surface area contributed by atoms with Crippen LogP contribution in [0, 0.1) is 11.8 Å². The first-order chi connectivity index (χ1) is 28.0. The van der Waals surface area contributed by atoms with Crippen molar-refractivity contribution in [1.82, 2.24) is 0 Å². The van der Waals surface area contributed by atoms with E-state index >= 15 is 0 Å². The Morgan fingerprint density at radius 3 is 1.98 bits per heavy atom. The summed E-state index contributed by atoms with van der Waals surface area (Å²) in [4.78, 5) is 35.1. The molecule has 0 heterocycles. The van der Waals surface area contributed by atoms with Crippen LogP contribution in [0.2, 0.25) is 0 Å². The highest BCUT2D eigenvalue weighted by atomic mass is 31.2. The Morgan fingerprint density at radius 2 is 1.33 bits per heavy atom. The molecule has 0 bridgehead atoms. The summed E-state index contributed by atoms with van der Waals surface area (Å²) in [6.45, 7) is 3.36. The monoisotopic (exact) mass is 844 g/mol. The number of aliphatic hydroxyl groups is 3. The second-order valence-corrected chi connectivity index (χ2v) is 17.3. The maximum Gasteiger partial charge on any atom is 0.472 e. The zero-order valence-electron chi connectivity index (χ0n) is 36.1. The minimum absolute atomic E-state index is 0.0171. The molecule has 0 aromatic rings. The molecule has 1 saturated carbocycles. The Bertz CT molecular complexity index is 1170. The number of nitrogens with two attached hydrogens (primary N) is 1. The van der Waals surface area contributed by atoms with Crippen LogP contribution in [0.15, 0.2) is 36.5 Å². The number of carbonyl (C=O) groups excluding carboxylic acids is 2. The van der Waals surface area contributed by atoms with Crippen LogP contribution in [0.25, 0.3) is 0 Å². The van der Waals surface area contributed by atoms with Gasteiger partial charge < -0.3 is 35.4 Å². The molecule has 0 saturated heterocycles. The fourth-order valence-corrected chi connectivity index (χ4v) is 7.94. The van der Waals surface area contributed by atoms with Gasteiger partial charge in [-0.05, 0) is 63.7 Å². The highest BCUT2D eigenvalue weighted by Gasteiger charge is 2.39. The largest absolute Gasteiger partial charge is 0.472 e. The van der Waals surface area contributed by atoms with Crippen LogP contribution in [-0.2, 0) is 32.7 Å². The van der Waals surface area contributed by atoms with Crippen molar-refractivity contribution < 1.29 is 52.9 Å². The average molecular weight is 844 g/mol. The normalized spacial score (nSPS) is 20.6. The number of ether oxygens (including phenoxy) is 2. The van der Waals surface area contributed by atoms with Gasteiger partial charge in [-0.3, -0.25) is 18.6 Å². The summed E-state index contributed by atoms with van der Waals surface area (Å²) < 4.78 is 32.8. The first-order valence-corrected chi connectivity index (χ1v) is 24.2. The minimum atomic E-state index is -4.44. The second-order valence-electron chi connectivity index (χ2n) is 15.9. The lowest BCUT2D eigenvalue weighted by molar-refractivity contribution is -0.161. The number of allylic oxidation sites excluding steroid dienone is 4. The van der Waals surface area contributed by atoms with Gasteiger partial charge in [0.1, 0.15) is 6.61 Å². The van der Waals surface area contributed by atoms with Gasteiger partial charge in [0.2, 0.25) is 0 Å². The minimum Gasteiger partial charge on any atom is -0.462 e. The quantitative estimate of drug-likeness (QED) is 0.0171. The van der Waals surface area contributed by atoms with Gasteiger partial charge in [0.05, 0.1) is 31.5 Å². The molecule has 7 atom stereocenters. The van der Waals surface area contributed by atoms with E-state index in [1.54, 1.807) is 6.08 Å². The van der Waals surface area contributed by atoms with E-state index in [0.717, 1.165) is 77.0 Å². The van der Waals surface area contributed by atoms with E-state index in [1.807, 2.05) is 6.08 Å². The topological polar surface area (TPSA) is 195 Å². The molecule has 6 N–H and O–H groups in total. The highest BCUT2D eigenvalue weighted by molar-refractivity contribution is 7.47. The maximum atomic E-state index is 12.7. The first-order valence-electron chi connectivity index (χ1n) is 22.7. The lowest BCUT2D eigenvalue weighted by Gasteiger charge is -2.21. The summed E-state index contributed by atoms with van der Waals surface area (Å²) in [5.74, 6) is -1.27. The number of hydrogen-bond donors (Lipinski definition) is 5. The fraction of sp³-hybridized carbons (Fsp3) is 0.822. The van der Waals surface area contributed by atoms with E-state index in [4.69, 9.17) is 24.3 Å². The number of rotatable bonds is 38. The molecule has 338 valence electrons. The zero-order chi connectivity index (χ0) is 42.7. The Morgan fingerprint density at radius 1 is 0.741 bits per heavy atom. The third-order valence-corrected chi connectivity index (χ3v) is 11.6. The molecule has 1 fully saturated rings. The van der Waals surface area contributed by atoms with Crippen LogP contribution in [0.5, 0.6) is 0 Å². The molecule has 58 heavy (non-hydrogen) atoms. The lowest BCUT2D eigenvalue weighted by Crippen LogP contribution is -2.29. The van der Waals surface area contributed by atoms with Crippen molar-refractivity contribution in [3.05, 3.63) is 36.5 Å². The SMILES string of the molecule is CCCCC/C=C\C/C=C\CCCCCCCCCC(=O)OC[C@H](COP(=O)(O)OCCN)OC(=O)CCCCCC[C@@H]1[C@@H](/C=C/[C@@H](O)CCCCC)[C@H](O)C[C@@H]1O. The van der Waals surface area contributed by atoms with Gasteiger partial charge in [-0.25, -0.2) is 4.57 Å². The molecule has 0 radical (unpaired) electrons. The third kappa shape index (κ3) is 29.4. The van der Waals surface area contributed by atoms with Crippen molar-refractivity contribution in [2.75, 3.05) is 26.4 Å². The molecule has 0 aliphatic heterocycles. The van der Waals surface area contributed by atoms with Gasteiger partial charge in [0.15, 0.2) is 6.10 Å². The van der Waals surface area contributed by atoms with Crippen molar-refractivity contribution in [2.24, 2.45) is 17.6 Å². The van der Waals surface area contributed by atoms with Crippen molar-refractivity contribution in [3.63, 3.8) is 0 Å². The van der Waals surface area contributed by atoms with Crippen LogP contribution in [0.1, 0.15) is 174 Å². The van der Waals surface area contributed by atoms with E-state index in [9.17, 15) is 34.4 Å². The molecule has 1 aliphatic rings. The van der Waals surface area contributed by atoms with Crippen molar-refractivity contribution in [2.45, 2.75) is 199 Å². The van der Waals surface area contributed by atoms with Crippen LogP contribution < -0.4 is 5.73 Å². The average Bonchev–Trinajstić information content (AvgIpc) is 3.47. The van der Waals surface area contributed by atoms with Gasteiger partial charge in [-0.2, -0.15) is 0 Å². The highest BCUT2D eigenvalue weighted by Crippen LogP contribution is 2.43. The Balaban J connectivity index is 2.36. The van der Waals surface area contributed by atoms with E-state index in [1.165, 1.54) is 44.9 Å². The molecule has 0 amide bonds. The van der Waals surface area contributed by atoms with Crippen molar-refractivity contribution >= 4 is 19.8 Å². The summed E-state index contributed by atoms with van der Waals surface area (Å²) in [6, 6.07) is 0. The summed E-state index contributed by atoms with van der Waals surface area (Å²) in [5, 5.41) is 31.4. The van der Waals surface area contributed by atoms with E-state index in [2.05, 4.69) is 38.2 Å². The fourth-order valence-electron chi connectivity index (χ4n) is 7.17. The molecule has 13 heteroatoms. The van der Waals surface area contributed by atoms with E-state index in [0.29, 0.717) is 25.7 Å². The second kappa shape index (κ2) is 35.8. The summed E-state index contributed by atoms with van der Waals surface area (Å²) in [7, 11) is -4.44. The number of carbonyl (C=O) groups is 2. The predicted molar refractivity (Wildman–Crippen MR) is 231 cm³/mol. The number of phosphoric ester groups is 1. The van der Waals surface area contributed by atoms with E-state index < -0.39 is 50.8 Å². The van der Waals surface area contributed by atoms with Gasteiger partial charge in [0.25, 0.3) is 0 Å². The van der Waals surface area contributed by atoms with Crippen molar-refractivity contribution in [1.29, 1.82) is 0 Å². The van der Waals surface area contributed by atoms with E-state index in [-0.39, 0.29) is 44.4 Å². The third-order valence-electron chi connectivity index (χ3n) is 10.6. The number of unbranched alkanes of at least 4 members (excludes halogenated alkanes) is 15. The lowest BCUT2D eigenvalue weighted by atomic mass is 9.88. The standard InChI is InChI=1S/C45H82NO11P/c1-3-5-7-8-9-10-11-12-13-14-15-16-17-18-19-20-25-29-44(50)54-36-39(37-56-58(52,53)55-34-33-46)57-45(51)30-26-22-21-24-28-40-41(43(49)35-42(40)48)32-31-38(47)27-23-6-4-2/h9-10,12-13,31-32,38-43,47-49H,3-8,11,14-30,33-37,46H2,1-2H3,(H,52,53)/b10-9-,13-12-,32-31+/t38-,39+,40+,41+,42-,43+/m0/s1. The Hall–Kier alpha value is -1.89.